The molecule has 1 unspecified atom stereocenters. The van der Waals surface area contributed by atoms with E-state index in [1.165, 1.54) is 47.0 Å². The first-order valence-corrected chi connectivity index (χ1v) is 14.5. The van der Waals surface area contributed by atoms with Gasteiger partial charge in [0.15, 0.2) is 0 Å². The van der Waals surface area contributed by atoms with Crippen LogP contribution >= 0.6 is 0 Å². The molecule has 1 aliphatic carbocycles. The van der Waals surface area contributed by atoms with Gasteiger partial charge in [-0.3, -0.25) is 6.08 Å². The maximum absolute atomic E-state index is 3.25. The molecule has 0 bridgehead atoms. The van der Waals surface area contributed by atoms with Crippen molar-refractivity contribution in [1.82, 2.24) is 0 Å². The standard InChI is InChI=1S/C21H25.C12H11.C3H6.2ClH.Zr/c1-20(2,3)16-7-9-18-14(12-16)11-15-13-17(21(4,5)6)8-10-19(15)18;1-10-7-8-12(9-10)11-5-3-2-4-6-11;1-3-2;;;/h7-13H,1-6H3;2-6,8-10H,1H3;1-2H3;2*1H;/q2*-1;;;;+2/p-2. The molecular weight excluding hydrogens is 595 g/mol. The van der Waals surface area contributed by atoms with E-state index < -0.39 is 0 Å². The van der Waals surface area contributed by atoms with Crippen LogP contribution in [0.5, 0.6) is 0 Å². The third-order valence-electron chi connectivity index (χ3n) is 6.47. The second-order valence-electron chi connectivity index (χ2n) is 12.3. The van der Waals surface area contributed by atoms with Gasteiger partial charge in [-0.25, -0.2) is 6.08 Å². The van der Waals surface area contributed by atoms with Crippen molar-refractivity contribution in [3.8, 4) is 0 Å². The van der Waals surface area contributed by atoms with Crippen LogP contribution in [0.2, 0.25) is 0 Å². The SMILES string of the molecule is CC(C)(C)c1ccc2c(c1)[cH-]c1cc(C(C)(C)C)ccc12.CC1[C-]=CC(c2ccccc2)=C1.C[C](C)=[Zr+2].[Cl-].[Cl-]. The number of hydrogen-bond donors (Lipinski definition) is 0. The van der Waals surface area contributed by atoms with Crippen LogP contribution in [0.25, 0.3) is 27.1 Å². The number of hydrogen-bond acceptors (Lipinski definition) is 0. The van der Waals surface area contributed by atoms with Crippen LogP contribution in [-0.4, -0.2) is 3.21 Å². The van der Waals surface area contributed by atoms with Crippen LogP contribution in [-0.2, 0) is 35.1 Å². The zero-order valence-corrected chi connectivity index (χ0v) is 28.9. The van der Waals surface area contributed by atoms with Crippen molar-refractivity contribution in [2.24, 2.45) is 5.92 Å². The molecular formula is C36H42Cl2Zr-2. The normalized spacial score (nSPS) is 14.3. The molecule has 0 saturated heterocycles. The third-order valence-corrected chi connectivity index (χ3v) is 6.47. The summed E-state index contributed by atoms with van der Waals surface area (Å²) in [6, 6.07) is 26.6. The molecule has 1 atom stereocenters. The Bertz CT molecular complexity index is 1350. The Hall–Kier alpha value is -1.66. The molecule has 4 aromatic carbocycles. The Morgan fingerprint density at radius 3 is 1.54 bits per heavy atom. The van der Waals surface area contributed by atoms with Crippen molar-refractivity contribution in [2.75, 3.05) is 0 Å². The van der Waals surface area contributed by atoms with E-state index in [1.807, 2.05) is 6.07 Å². The van der Waals surface area contributed by atoms with Gasteiger partial charge in [0, 0.05) is 0 Å². The van der Waals surface area contributed by atoms with Crippen molar-refractivity contribution < 1.29 is 49.0 Å². The van der Waals surface area contributed by atoms with Crippen LogP contribution in [0.4, 0.5) is 0 Å². The van der Waals surface area contributed by atoms with Gasteiger partial charge in [0.1, 0.15) is 0 Å². The summed E-state index contributed by atoms with van der Waals surface area (Å²) in [6.45, 7) is 20.0. The summed E-state index contributed by atoms with van der Waals surface area (Å²) in [6.07, 6.45) is 7.55. The molecule has 0 amide bonds. The Labute approximate surface area is 264 Å². The molecule has 0 heterocycles. The maximum Gasteiger partial charge on any atom is -1.00 e. The van der Waals surface area contributed by atoms with E-state index >= 15 is 0 Å². The van der Waals surface area contributed by atoms with Gasteiger partial charge >= 0.3 is 41.3 Å². The fourth-order valence-corrected chi connectivity index (χ4v) is 4.35. The number of fused-ring (bicyclic) bond motifs is 3. The van der Waals surface area contributed by atoms with Crippen LogP contribution in [0.3, 0.4) is 0 Å². The summed E-state index contributed by atoms with van der Waals surface area (Å²) in [5.41, 5.74) is 5.79. The average molecular weight is 637 g/mol. The molecule has 1 aliphatic rings. The molecule has 0 N–H and O–H groups in total. The number of allylic oxidation sites excluding steroid dienone is 4. The van der Waals surface area contributed by atoms with Crippen LogP contribution in [0.15, 0.2) is 84.9 Å². The van der Waals surface area contributed by atoms with Gasteiger partial charge in [0.2, 0.25) is 0 Å². The van der Waals surface area contributed by atoms with Gasteiger partial charge in [-0.05, 0) is 10.8 Å². The summed E-state index contributed by atoms with van der Waals surface area (Å²) < 4.78 is 1.51. The minimum Gasteiger partial charge on any atom is -1.00 e. The maximum atomic E-state index is 3.25. The molecule has 0 saturated carbocycles. The van der Waals surface area contributed by atoms with E-state index in [9.17, 15) is 0 Å². The van der Waals surface area contributed by atoms with E-state index in [1.54, 1.807) is 24.2 Å². The van der Waals surface area contributed by atoms with Gasteiger partial charge in [-0.15, -0.1) is 45.3 Å². The van der Waals surface area contributed by atoms with Crippen LogP contribution < -0.4 is 24.8 Å². The van der Waals surface area contributed by atoms with Crippen molar-refractivity contribution in [3.05, 3.63) is 108 Å². The zero-order chi connectivity index (χ0) is 27.4. The van der Waals surface area contributed by atoms with Gasteiger partial charge < -0.3 is 24.8 Å². The molecule has 5 rings (SSSR count). The van der Waals surface area contributed by atoms with E-state index in [0.29, 0.717) is 5.92 Å². The van der Waals surface area contributed by atoms with Crippen molar-refractivity contribution in [1.29, 1.82) is 0 Å². The molecule has 3 heteroatoms. The van der Waals surface area contributed by atoms with E-state index in [-0.39, 0.29) is 35.6 Å². The minimum absolute atomic E-state index is 0. The first kappa shape index (κ1) is 35.4. The summed E-state index contributed by atoms with van der Waals surface area (Å²) in [4.78, 5) is 0. The van der Waals surface area contributed by atoms with Gasteiger partial charge in [0.05, 0.1) is 0 Å². The van der Waals surface area contributed by atoms with E-state index in [2.05, 4.69) is 147 Å². The topological polar surface area (TPSA) is 0 Å². The molecule has 0 nitrogen and oxygen atoms in total. The van der Waals surface area contributed by atoms with E-state index in [0.717, 1.165) is 0 Å². The number of rotatable bonds is 1. The summed E-state index contributed by atoms with van der Waals surface area (Å²) in [5, 5.41) is 5.48. The fourth-order valence-electron chi connectivity index (χ4n) is 4.35. The Kier molecular flexibility index (Phi) is 13.4. The quantitative estimate of drug-likeness (QED) is 0.276. The summed E-state index contributed by atoms with van der Waals surface area (Å²) in [7, 11) is 0. The monoisotopic (exact) mass is 634 g/mol. The van der Waals surface area contributed by atoms with Crippen LogP contribution in [0.1, 0.15) is 79.0 Å². The summed E-state index contributed by atoms with van der Waals surface area (Å²) >= 11 is 1.55. The van der Waals surface area contributed by atoms with Crippen molar-refractivity contribution in [3.63, 3.8) is 0 Å². The largest absolute Gasteiger partial charge is 1.00 e. The first-order valence-electron chi connectivity index (χ1n) is 13.3. The average Bonchev–Trinajstić information content (AvgIpc) is 3.41. The Morgan fingerprint density at radius 1 is 0.744 bits per heavy atom. The second kappa shape index (κ2) is 14.8. The zero-order valence-electron chi connectivity index (χ0n) is 24.9. The van der Waals surface area contributed by atoms with E-state index in [4.69, 9.17) is 0 Å². The summed E-state index contributed by atoms with van der Waals surface area (Å²) in [5.74, 6) is 0.472. The smallest absolute Gasteiger partial charge is 1.00 e. The molecule has 0 aliphatic heterocycles. The number of halogens is 2. The first-order chi connectivity index (χ1) is 17.3. The second-order valence-corrected chi connectivity index (χ2v) is 14.8. The molecule has 0 spiro atoms. The predicted molar refractivity (Wildman–Crippen MR) is 162 cm³/mol. The van der Waals surface area contributed by atoms with Gasteiger partial charge in [-0.2, -0.15) is 11.6 Å². The van der Waals surface area contributed by atoms with Crippen molar-refractivity contribution >= 4 is 30.3 Å². The predicted octanol–water partition coefficient (Wildman–Crippen LogP) is 4.14. The van der Waals surface area contributed by atoms with Crippen molar-refractivity contribution in [2.45, 2.75) is 73.1 Å². The molecule has 206 valence electrons. The van der Waals surface area contributed by atoms with Gasteiger partial charge in [0.25, 0.3) is 0 Å². The molecule has 39 heavy (non-hydrogen) atoms. The third kappa shape index (κ3) is 10.0. The van der Waals surface area contributed by atoms with Crippen LogP contribution in [0, 0.1) is 12.0 Å². The molecule has 4 aromatic rings. The molecule has 0 radical (unpaired) electrons. The molecule has 0 fully saturated rings. The number of benzene rings is 3. The molecule has 0 aromatic heterocycles. The fraction of sp³-hybridized carbons (Fsp3) is 0.333. The van der Waals surface area contributed by atoms with Gasteiger partial charge in [-0.1, -0.05) is 120 Å². The Balaban J connectivity index is 0.000000360. The minimum atomic E-state index is 0. The Morgan fingerprint density at radius 2 is 1.18 bits per heavy atom.